The molecule has 0 saturated heterocycles. The molecule has 0 spiro atoms. The first-order chi connectivity index (χ1) is 9.90. The number of benzene rings is 1. The average molecular weight is 270 g/mol. The fourth-order valence-electron chi connectivity index (χ4n) is 2.35. The maximum absolute atomic E-state index is 5.93. The molecule has 5 heteroatoms. The van der Waals surface area contributed by atoms with Crippen molar-refractivity contribution in [3.05, 3.63) is 30.3 Å². The van der Waals surface area contributed by atoms with Crippen LogP contribution in [0.1, 0.15) is 32.6 Å². The molecule has 0 N–H and O–H groups in total. The Hall–Kier alpha value is -2.17. The van der Waals surface area contributed by atoms with Gasteiger partial charge in [0, 0.05) is 11.5 Å². The second kappa shape index (κ2) is 5.86. The molecule has 0 amide bonds. The lowest BCUT2D eigenvalue weighted by molar-refractivity contribution is 0.308. The second-order valence-electron chi connectivity index (χ2n) is 4.88. The molecule has 0 atom stereocenters. The Kier molecular flexibility index (Phi) is 3.76. The van der Waals surface area contributed by atoms with Gasteiger partial charge in [0.1, 0.15) is 5.75 Å². The van der Waals surface area contributed by atoms with Crippen molar-refractivity contribution in [2.24, 2.45) is 0 Å². The lowest BCUT2D eigenvalue weighted by Gasteiger charge is -2.09. The van der Waals surface area contributed by atoms with Gasteiger partial charge >= 0.3 is 0 Å². The Bertz CT molecular complexity index is 707. The lowest BCUT2D eigenvalue weighted by Crippen LogP contribution is -2.00. The number of para-hydroxylation sites is 1. The van der Waals surface area contributed by atoms with E-state index in [2.05, 4.69) is 22.4 Å². The van der Waals surface area contributed by atoms with Gasteiger partial charge in [0.15, 0.2) is 5.65 Å². The summed E-state index contributed by atoms with van der Waals surface area (Å²) in [6.07, 6.45) is 4.79. The SMILES string of the molecule is CCCCCCOc1cc2nnnn2c2ccccc12. The van der Waals surface area contributed by atoms with Crippen molar-refractivity contribution in [1.82, 2.24) is 20.0 Å². The summed E-state index contributed by atoms with van der Waals surface area (Å²) in [7, 11) is 0. The minimum Gasteiger partial charge on any atom is -0.493 e. The largest absolute Gasteiger partial charge is 0.493 e. The van der Waals surface area contributed by atoms with Crippen LogP contribution in [0.5, 0.6) is 5.75 Å². The third kappa shape index (κ3) is 2.43. The van der Waals surface area contributed by atoms with Gasteiger partial charge in [0.05, 0.1) is 12.1 Å². The minimum absolute atomic E-state index is 0.715. The quantitative estimate of drug-likeness (QED) is 0.645. The Morgan fingerprint density at radius 3 is 2.95 bits per heavy atom. The standard InChI is InChI=1S/C15H18N4O/c1-2-3-4-7-10-20-14-11-15-16-17-18-19(15)13-9-6-5-8-12(13)14/h5-6,8-9,11H,2-4,7,10H2,1H3. The highest BCUT2D eigenvalue weighted by atomic mass is 16.5. The van der Waals surface area contributed by atoms with Crippen molar-refractivity contribution < 1.29 is 4.74 Å². The number of pyridine rings is 1. The van der Waals surface area contributed by atoms with E-state index in [0.717, 1.165) is 29.7 Å². The third-order valence-corrected chi connectivity index (χ3v) is 3.41. The van der Waals surface area contributed by atoms with Gasteiger partial charge in [0.2, 0.25) is 0 Å². The fraction of sp³-hybridized carbons (Fsp3) is 0.400. The van der Waals surface area contributed by atoms with E-state index in [4.69, 9.17) is 4.74 Å². The lowest BCUT2D eigenvalue weighted by atomic mass is 10.2. The Morgan fingerprint density at radius 1 is 1.15 bits per heavy atom. The van der Waals surface area contributed by atoms with Crippen LogP contribution in [0, 0.1) is 0 Å². The molecule has 3 rings (SSSR count). The minimum atomic E-state index is 0.715. The number of hydrogen-bond acceptors (Lipinski definition) is 4. The van der Waals surface area contributed by atoms with Gasteiger partial charge in [-0.3, -0.25) is 0 Å². The summed E-state index contributed by atoms with van der Waals surface area (Å²) >= 11 is 0. The van der Waals surface area contributed by atoms with Crippen LogP contribution in [0.25, 0.3) is 16.6 Å². The summed E-state index contributed by atoms with van der Waals surface area (Å²) in [5.74, 6) is 0.861. The van der Waals surface area contributed by atoms with E-state index in [1.165, 1.54) is 19.3 Å². The molecule has 2 heterocycles. The molecule has 0 fully saturated rings. The highest BCUT2D eigenvalue weighted by Gasteiger charge is 2.09. The molecule has 0 aliphatic rings. The fourth-order valence-corrected chi connectivity index (χ4v) is 2.35. The second-order valence-corrected chi connectivity index (χ2v) is 4.88. The van der Waals surface area contributed by atoms with E-state index in [1.54, 1.807) is 4.52 Å². The zero-order valence-electron chi connectivity index (χ0n) is 11.6. The maximum Gasteiger partial charge on any atom is 0.183 e. The molecular formula is C15H18N4O. The Balaban J connectivity index is 1.88. The van der Waals surface area contributed by atoms with E-state index in [-0.39, 0.29) is 0 Å². The van der Waals surface area contributed by atoms with Crippen LogP contribution in [-0.4, -0.2) is 26.6 Å². The predicted molar refractivity (Wildman–Crippen MR) is 77.9 cm³/mol. The first kappa shape index (κ1) is 12.8. The van der Waals surface area contributed by atoms with Gasteiger partial charge in [0.25, 0.3) is 0 Å². The summed E-state index contributed by atoms with van der Waals surface area (Å²) in [5.41, 5.74) is 1.69. The number of ether oxygens (including phenoxy) is 1. The van der Waals surface area contributed by atoms with E-state index in [0.29, 0.717) is 5.65 Å². The number of fused-ring (bicyclic) bond motifs is 3. The van der Waals surface area contributed by atoms with E-state index in [9.17, 15) is 0 Å². The number of hydrogen-bond donors (Lipinski definition) is 0. The van der Waals surface area contributed by atoms with Crippen LogP contribution in [0.2, 0.25) is 0 Å². The van der Waals surface area contributed by atoms with Gasteiger partial charge in [-0.15, -0.1) is 5.10 Å². The summed E-state index contributed by atoms with van der Waals surface area (Å²) in [6, 6.07) is 9.93. The molecule has 0 aliphatic heterocycles. The molecular weight excluding hydrogens is 252 g/mol. The normalized spacial score (nSPS) is 11.2. The summed E-state index contributed by atoms with van der Waals surface area (Å²) in [5, 5.41) is 12.8. The first-order valence-corrected chi connectivity index (χ1v) is 7.13. The van der Waals surface area contributed by atoms with Crippen LogP contribution in [0.3, 0.4) is 0 Å². The molecule has 104 valence electrons. The molecule has 0 unspecified atom stereocenters. The molecule has 3 aromatic rings. The van der Waals surface area contributed by atoms with E-state index in [1.807, 2.05) is 30.3 Å². The summed E-state index contributed by atoms with van der Waals surface area (Å²) in [4.78, 5) is 0. The molecule has 2 aromatic heterocycles. The van der Waals surface area contributed by atoms with Crippen molar-refractivity contribution in [1.29, 1.82) is 0 Å². The zero-order valence-corrected chi connectivity index (χ0v) is 11.6. The zero-order chi connectivity index (χ0) is 13.8. The van der Waals surface area contributed by atoms with Crippen molar-refractivity contribution in [3.63, 3.8) is 0 Å². The molecule has 5 nitrogen and oxygen atoms in total. The van der Waals surface area contributed by atoms with Crippen LogP contribution in [0.15, 0.2) is 30.3 Å². The van der Waals surface area contributed by atoms with Crippen molar-refractivity contribution in [3.8, 4) is 5.75 Å². The van der Waals surface area contributed by atoms with Gasteiger partial charge in [-0.2, -0.15) is 4.52 Å². The molecule has 0 bridgehead atoms. The smallest absolute Gasteiger partial charge is 0.183 e. The summed E-state index contributed by atoms with van der Waals surface area (Å²) in [6.45, 7) is 2.95. The third-order valence-electron chi connectivity index (χ3n) is 3.41. The number of nitrogens with zero attached hydrogens (tertiary/aromatic N) is 4. The topological polar surface area (TPSA) is 52.3 Å². The Morgan fingerprint density at radius 2 is 2.05 bits per heavy atom. The molecule has 0 radical (unpaired) electrons. The van der Waals surface area contributed by atoms with Crippen LogP contribution >= 0.6 is 0 Å². The number of rotatable bonds is 6. The van der Waals surface area contributed by atoms with Gasteiger partial charge in [-0.05, 0) is 29.0 Å². The van der Waals surface area contributed by atoms with Gasteiger partial charge < -0.3 is 4.74 Å². The van der Waals surface area contributed by atoms with Crippen molar-refractivity contribution in [2.45, 2.75) is 32.6 Å². The average Bonchev–Trinajstić information content (AvgIpc) is 2.95. The number of unbranched alkanes of at least 4 members (excludes halogenated alkanes) is 3. The van der Waals surface area contributed by atoms with Crippen LogP contribution in [0.4, 0.5) is 0 Å². The first-order valence-electron chi connectivity index (χ1n) is 7.13. The van der Waals surface area contributed by atoms with Crippen LogP contribution in [-0.2, 0) is 0 Å². The van der Waals surface area contributed by atoms with E-state index < -0.39 is 0 Å². The van der Waals surface area contributed by atoms with Crippen LogP contribution < -0.4 is 4.74 Å². The van der Waals surface area contributed by atoms with Gasteiger partial charge in [-0.25, -0.2) is 0 Å². The van der Waals surface area contributed by atoms with Crippen molar-refractivity contribution >= 4 is 16.6 Å². The van der Waals surface area contributed by atoms with E-state index >= 15 is 0 Å². The maximum atomic E-state index is 5.93. The molecule has 0 aliphatic carbocycles. The molecule has 1 aromatic carbocycles. The van der Waals surface area contributed by atoms with Crippen molar-refractivity contribution in [2.75, 3.05) is 6.61 Å². The molecule has 0 saturated carbocycles. The monoisotopic (exact) mass is 270 g/mol. The molecule has 20 heavy (non-hydrogen) atoms. The number of tetrazole rings is 1. The highest BCUT2D eigenvalue weighted by molar-refractivity contribution is 5.87. The predicted octanol–water partition coefficient (Wildman–Crippen LogP) is 3.24. The number of aromatic nitrogens is 4. The van der Waals surface area contributed by atoms with Gasteiger partial charge in [-0.1, -0.05) is 38.3 Å². The highest BCUT2D eigenvalue weighted by Crippen LogP contribution is 2.26. The summed E-state index contributed by atoms with van der Waals surface area (Å²) < 4.78 is 7.67. The Labute approximate surface area is 117 Å².